The largest absolute Gasteiger partial charge is 0.481 e. The standard InChI is InChI=1S/C18H19NO2/c20-18(21)13-10-16-8-11-17(12-9-16)19-14-4-7-15-5-2-1-3-6-15/h1-9,11-12,19H,10,13-14H2,(H,20,21). The molecule has 0 amide bonds. The predicted octanol–water partition coefficient (Wildman–Crippen LogP) is 3.83. The Labute approximate surface area is 124 Å². The summed E-state index contributed by atoms with van der Waals surface area (Å²) in [7, 11) is 0. The van der Waals surface area contributed by atoms with E-state index in [1.54, 1.807) is 0 Å². The maximum absolute atomic E-state index is 10.5. The first-order chi connectivity index (χ1) is 10.2. The van der Waals surface area contributed by atoms with Gasteiger partial charge < -0.3 is 10.4 Å². The fourth-order valence-electron chi connectivity index (χ4n) is 1.98. The molecule has 108 valence electrons. The Kier molecular flexibility index (Phi) is 5.59. The molecule has 0 aliphatic heterocycles. The molecule has 0 radical (unpaired) electrons. The SMILES string of the molecule is O=C(O)CCc1ccc(NCC=Cc2ccccc2)cc1. The Hall–Kier alpha value is -2.55. The molecule has 0 saturated heterocycles. The second-order valence-electron chi connectivity index (χ2n) is 4.78. The van der Waals surface area contributed by atoms with Crippen molar-refractivity contribution in [2.45, 2.75) is 12.8 Å². The van der Waals surface area contributed by atoms with E-state index < -0.39 is 5.97 Å². The number of carboxylic acid groups (broad SMARTS) is 1. The van der Waals surface area contributed by atoms with Gasteiger partial charge in [-0.1, -0.05) is 54.6 Å². The molecule has 2 aromatic carbocycles. The van der Waals surface area contributed by atoms with Crippen LogP contribution in [0.3, 0.4) is 0 Å². The third kappa shape index (κ3) is 5.53. The summed E-state index contributed by atoms with van der Waals surface area (Å²) in [5, 5.41) is 12.0. The van der Waals surface area contributed by atoms with Crippen molar-refractivity contribution in [1.82, 2.24) is 0 Å². The van der Waals surface area contributed by atoms with E-state index in [0.29, 0.717) is 6.42 Å². The highest BCUT2D eigenvalue weighted by atomic mass is 16.4. The molecule has 2 aromatic rings. The molecule has 0 aromatic heterocycles. The number of hydrogen-bond donors (Lipinski definition) is 2. The molecule has 0 spiro atoms. The molecule has 0 unspecified atom stereocenters. The number of carboxylic acids is 1. The van der Waals surface area contributed by atoms with Gasteiger partial charge in [-0.2, -0.15) is 0 Å². The van der Waals surface area contributed by atoms with Crippen molar-refractivity contribution in [3.8, 4) is 0 Å². The van der Waals surface area contributed by atoms with Gasteiger partial charge in [0.1, 0.15) is 0 Å². The number of aryl methyl sites for hydroxylation is 1. The number of anilines is 1. The Morgan fingerprint density at radius 1 is 1.05 bits per heavy atom. The van der Waals surface area contributed by atoms with E-state index in [-0.39, 0.29) is 6.42 Å². The van der Waals surface area contributed by atoms with Crippen LogP contribution in [0.1, 0.15) is 17.5 Å². The Balaban J connectivity index is 1.78. The smallest absolute Gasteiger partial charge is 0.303 e. The lowest BCUT2D eigenvalue weighted by Gasteiger charge is -2.05. The molecule has 0 heterocycles. The van der Waals surface area contributed by atoms with Crippen LogP contribution in [-0.2, 0) is 11.2 Å². The minimum Gasteiger partial charge on any atom is -0.481 e. The number of nitrogens with one attached hydrogen (secondary N) is 1. The first kappa shape index (κ1) is 14.9. The lowest BCUT2D eigenvalue weighted by atomic mass is 10.1. The summed E-state index contributed by atoms with van der Waals surface area (Å²) in [5.74, 6) is -0.761. The van der Waals surface area contributed by atoms with Gasteiger partial charge >= 0.3 is 5.97 Å². The van der Waals surface area contributed by atoms with E-state index >= 15 is 0 Å². The first-order valence-electron chi connectivity index (χ1n) is 7.00. The van der Waals surface area contributed by atoms with Crippen molar-refractivity contribution in [3.05, 3.63) is 71.8 Å². The average Bonchev–Trinajstić information content (AvgIpc) is 2.52. The van der Waals surface area contributed by atoms with Crippen molar-refractivity contribution in [2.24, 2.45) is 0 Å². The van der Waals surface area contributed by atoms with Crippen LogP contribution in [0, 0.1) is 0 Å². The van der Waals surface area contributed by atoms with E-state index in [0.717, 1.165) is 17.8 Å². The molecule has 3 nitrogen and oxygen atoms in total. The van der Waals surface area contributed by atoms with Crippen LogP contribution in [0.2, 0.25) is 0 Å². The van der Waals surface area contributed by atoms with Gasteiger partial charge in [0.05, 0.1) is 0 Å². The van der Waals surface area contributed by atoms with Gasteiger partial charge in [-0.25, -0.2) is 0 Å². The van der Waals surface area contributed by atoms with Gasteiger partial charge in [-0.15, -0.1) is 0 Å². The molecule has 0 saturated carbocycles. The summed E-state index contributed by atoms with van der Waals surface area (Å²) in [6, 6.07) is 18.0. The molecule has 0 aliphatic rings. The van der Waals surface area contributed by atoms with E-state index in [2.05, 4.69) is 29.6 Å². The summed E-state index contributed by atoms with van der Waals surface area (Å²) in [5.41, 5.74) is 3.26. The molecule has 2 N–H and O–H groups in total. The Bertz CT molecular complexity index is 588. The second kappa shape index (κ2) is 7.90. The second-order valence-corrected chi connectivity index (χ2v) is 4.78. The van der Waals surface area contributed by atoms with Crippen LogP contribution in [0.4, 0.5) is 5.69 Å². The van der Waals surface area contributed by atoms with Gasteiger partial charge in [0.25, 0.3) is 0 Å². The summed E-state index contributed by atoms with van der Waals surface area (Å²) in [6.45, 7) is 0.753. The summed E-state index contributed by atoms with van der Waals surface area (Å²) in [6.07, 6.45) is 4.90. The summed E-state index contributed by atoms with van der Waals surface area (Å²) < 4.78 is 0. The average molecular weight is 281 g/mol. The van der Waals surface area contributed by atoms with Gasteiger partial charge in [-0.3, -0.25) is 4.79 Å². The van der Waals surface area contributed by atoms with Crippen LogP contribution < -0.4 is 5.32 Å². The molecular weight excluding hydrogens is 262 g/mol. The van der Waals surface area contributed by atoms with Crippen LogP contribution in [0.5, 0.6) is 0 Å². The zero-order chi connectivity index (χ0) is 14.9. The van der Waals surface area contributed by atoms with Crippen LogP contribution in [-0.4, -0.2) is 17.6 Å². The van der Waals surface area contributed by atoms with E-state index in [9.17, 15) is 4.79 Å². The molecule has 0 aliphatic carbocycles. The van der Waals surface area contributed by atoms with Crippen molar-refractivity contribution in [1.29, 1.82) is 0 Å². The van der Waals surface area contributed by atoms with Crippen LogP contribution in [0.15, 0.2) is 60.7 Å². The number of aliphatic carboxylic acids is 1. The number of rotatable bonds is 7. The highest BCUT2D eigenvalue weighted by Crippen LogP contribution is 2.11. The molecule has 21 heavy (non-hydrogen) atoms. The third-order valence-electron chi connectivity index (χ3n) is 3.12. The molecule has 0 atom stereocenters. The van der Waals surface area contributed by atoms with Gasteiger partial charge in [0, 0.05) is 18.7 Å². The van der Waals surface area contributed by atoms with Crippen LogP contribution in [0.25, 0.3) is 6.08 Å². The van der Waals surface area contributed by atoms with E-state index in [4.69, 9.17) is 5.11 Å². The monoisotopic (exact) mass is 281 g/mol. The van der Waals surface area contributed by atoms with E-state index in [1.807, 2.05) is 42.5 Å². The Morgan fingerprint density at radius 2 is 1.76 bits per heavy atom. The molecule has 0 bridgehead atoms. The fourth-order valence-corrected chi connectivity index (χ4v) is 1.98. The Morgan fingerprint density at radius 3 is 2.43 bits per heavy atom. The molecular formula is C18H19NO2. The first-order valence-corrected chi connectivity index (χ1v) is 7.00. The highest BCUT2D eigenvalue weighted by molar-refractivity contribution is 5.67. The summed E-state index contributed by atoms with van der Waals surface area (Å²) in [4.78, 5) is 10.5. The zero-order valence-electron chi connectivity index (χ0n) is 11.8. The lowest BCUT2D eigenvalue weighted by molar-refractivity contribution is -0.136. The topological polar surface area (TPSA) is 49.3 Å². The zero-order valence-corrected chi connectivity index (χ0v) is 11.8. The van der Waals surface area contributed by atoms with Gasteiger partial charge in [0.2, 0.25) is 0 Å². The van der Waals surface area contributed by atoms with Crippen molar-refractivity contribution >= 4 is 17.7 Å². The highest BCUT2D eigenvalue weighted by Gasteiger charge is 1.98. The summed E-state index contributed by atoms with van der Waals surface area (Å²) >= 11 is 0. The van der Waals surface area contributed by atoms with Crippen molar-refractivity contribution in [3.63, 3.8) is 0 Å². The predicted molar refractivity (Wildman–Crippen MR) is 86.4 cm³/mol. The lowest BCUT2D eigenvalue weighted by Crippen LogP contribution is -1.99. The third-order valence-corrected chi connectivity index (χ3v) is 3.12. The number of hydrogen-bond acceptors (Lipinski definition) is 2. The normalized spacial score (nSPS) is 10.7. The van der Waals surface area contributed by atoms with Crippen LogP contribution >= 0.6 is 0 Å². The molecule has 3 heteroatoms. The number of benzene rings is 2. The minimum absolute atomic E-state index is 0.173. The van der Waals surface area contributed by atoms with Gasteiger partial charge in [0.15, 0.2) is 0 Å². The van der Waals surface area contributed by atoms with Crippen molar-refractivity contribution in [2.75, 3.05) is 11.9 Å². The number of carbonyl (C=O) groups is 1. The fraction of sp³-hybridized carbons (Fsp3) is 0.167. The van der Waals surface area contributed by atoms with Gasteiger partial charge in [-0.05, 0) is 29.7 Å². The van der Waals surface area contributed by atoms with E-state index in [1.165, 1.54) is 5.56 Å². The van der Waals surface area contributed by atoms with Crippen molar-refractivity contribution < 1.29 is 9.90 Å². The molecule has 0 fully saturated rings. The maximum Gasteiger partial charge on any atom is 0.303 e. The minimum atomic E-state index is -0.761. The quantitative estimate of drug-likeness (QED) is 0.811. The molecule has 2 rings (SSSR count). The maximum atomic E-state index is 10.5.